The van der Waals surface area contributed by atoms with Crippen LogP contribution in [0.2, 0.25) is 0 Å². The summed E-state index contributed by atoms with van der Waals surface area (Å²) in [7, 11) is 1.34. The minimum atomic E-state index is -0.531. The molecule has 10 nitrogen and oxygen atoms in total. The van der Waals surface area contributed by atoms with Gasteiger partial charge in [-0.05, 0) is 35.0 Å². The number of para-hydroxylation sites is 1. The summed E-state index contributed by atoms with van der Waals surface area (Å²) in [4.78, 5) is 22.9. The third-order valence-corrected chi connectivity index (χ3v) is 4.69. The van der Waals surface area contributed by atoms with E-state index in [1.807, 2.05) is 30.3 Å². The Morgan fingerprint density at radius 1 is 1.32 bits per heavy atom. The van der Waals surface area contributed by atoms with Gasteiger partial charge in [0.05, 0.1) is 23.5 Å². The number of amides is 1. The highest BCUT2D eigenvalue weighted by molar-refractivity contribution is 7.99. The van der Waals surface area contributed by atoms with Crippen LogP contribution in [0.25, 0.3) is 5.69 Å². The average molecular weight is 400 g/mol. The van der Waals surface area contributed by atoms with Crippen molar-refractivity contribution in [3.05, 3.63) is 58.1 Å². The lowest BCUT2D eigenvalue weighted by Crippen LogP contribution is -2.15. The van der Waals surface area contributed by atoms with Crippen molar-refractivity contribution >= 4 is 29.0 Å². The summed E-state index contributed by atoms with van der Waals surface area (Å²) in [6.07, 6.45) is 0. The fourth-order valence-corrected chi connectivity index (χ4v) is 3.12. The summed E-state index contributed by atoms with van der Waals surface area (Å²) in [6.45, 7) is 1.67. The number of nitro groups is 1. The second kappa shape index (κ2) is 8.48. The topological polar surface area (TPSA) is 125 Å². The molecule has 0 saturated heterocycles. The molecule has 0 aliphatic rings. The zero-order valence-corrected chi connectivity index (χ0v) is 15.8. The van der Waals surface area contributed by atoms with E-state index in [2.05, 4.69) is 20.8 Å². The second-order valence-corrected chi connectivity index (χ2v) is 6.58. The number of aromatic nitrogens is 4. The Morgan fingerprint density at radius 3 is 2.75 bits per heavy atom. The molecule has 0 spiro atoms. The highest BCUT2D eigenvalue weighted by atomic mass is 32.2. The first-order valence-electron chi connectivity index (χ1n) is 8.09. The van der Waals surface area contributed by atoms with E-state index in [9.17, 15) is 14.9 Å². The first kappa shape index (κ1) is 19.3. The maximum absolute atomic E-state index is 12.3. The number of rotatable bonds is 7. The van der Waals surface area contributed by atoms with Crippen molar-refractivity contribution in [2.75, 3.05) is 18.2 Å². The van der Waals surface area contributed by atoms with Crippen LogP contribution >= 0.6 is 11.8 Å². The molecule has 0 atom stereocenters. The van der Waals surface area contributed by atoms with E-state index in [0.717, 1.165) is 5.69 Å². The fourth-order valence-electron chi connectivity index (χ4n) is 2.43. The first-order chi connectivity index (χ1) is 13.5. The number of thioether (sulfide) groups is 1. The number of ether oxygens (including phenoxy) is 1. The molecular formula is C17H16N6O4S. The van der Waals surface area contributed by atoms with Gasteiger partial charge in [-0.1, -0.05) is 30.0 Å². The highest BCUT2D eigenvalue weighted by Gasteiger charge is 2.19. The molecule has 0 aliphatic heterocycles. The van der Waals surface area contributed by atoms with Crippen molar-refractivity contribution in [3.8, 4) is 11.4 Å². The molecule has 3 rings (SSSR count). The normalized spacial score (nSPS) is 10.5. The van der Waals surface area contributed by atoms with Gasteiger partial charge in [-0.3, -0.25) is 14.9 Å². The van der Waals surface area contributed by atoms with Crippen LogP contribution in [0, 0.1) is 17.0 Å². The average Bonchev–Trinajstić information content (AvgIpc) is 3.17. The van der Waals surface area contributed by atoms with Crippen molar-refractivity contribution in [2.24, 2.45) is 0 Å². The number of hydrogen-bond acceptors (Lipinski definition) is 8. The van der Waals surface area contributed by atoms with Gasteiger partial charge < -0.3 is 10.1 Å². The van der Waals surface area contributed by atoms with Gasteiger partial charge in [0.1, 0.15) is 0 Å². The number of aryl methyl sites for hydroxylation is 1. The van der Waals surface area contributed by atoms with Crippen LogP contribution in [-0.4, -0.2) is 43.9 Å². The highest BCUT2D eigenvalue weighted by Crippen LogP contribution is 2.32. The van der Waals surface area contributed by atoms with Gasteiger partial charge in [0, 0.05) is 17.8 Å². The number of methoxy groups -OCH3 is 1. The quantitative estimate of drug-likeness (QED) is 0.364. The third-order valence-electron chi connectivity index (χ3n) is 3.77. The van der Waals surface area contributed by atoms with Crippen LogP contribution in [0.3, 0.4) is 0 Å². The maximum atomic E-state index is 12.3. The molecule has 1 N–H and O–H groups in total. The molecule has 1 amide bonds. The van der Waals surface area contributed by atoms with E-state index < -0.39 is 4.92 Å². The Labute approximate surface area is 164 Å². The van der Waals surface area contributed by atoms with Crippen molar-refractivity contribution in [1.29, 1.82) is 0 Å². The second-order valence-electron chi connectivity index (χ2n) is 5.64. The molecule has 0 fully saturated rings. The number of benzene rings is 2. The van der Waals surface area contributed by atoms with Gasteiger partial charge in [0.2, 0.25) is 11.1 Å². The minimum absolute atomic E-state index is 0.0615. The summed E-state index contributed by atoms with van der Waals surface area (Å²) < 4.78 is 6.58. The zero-order valence-electron chi connectivity index (χ0n) is 15.0. The lowest BCUT2D eigenvalue weighted by atomic mass is 10.1. The third kappa shape index (κ3) is 4.26. The molecule has 1 aromatic heterocycles. The summed E-state index contributed by atoms with van der Waals surface area (Å²) in [6, 6.07) is 12.1. The number of carbonyl (C=O) groups is 1. The van der Waals surface area contributed by atoms with Gasteiger partial charge in [-0.15, -0.1) is 5.10 Å². The van der Waals surface area contributed by atoms with Crippen LogP contribution in [0.5, 0.6) is 5.75 Å². The van der Waals surface area contributed by atoms with Gasteiger partial charge >= 0.3 is 5.69 Å². The van der Waals surface area contributed by atoms with Crippen molar-refractivity contribution < 1.29 is 14.5 Å². The lowest BCUT2D eigenvalue weighted by Gasteiger charge is -2.10. The van der Waals surface area contributed by atoms with Crippen LogP contribution in [0.15, 0.2) is 47.6 Å². The fraction of sp³-hybridized carbons (Fsp3) is 0.176. The predicted octanol–water partition coefficient (Wildman–Crippen LogP) is 2.62. The van der Waals surface area contributed by atoms with Crippen LogP contribution < -0.4 is 10.1 Å². The summed E-state index contributed by atoms with van der Waals surface area (Å²) in [5, 5.41) is 25.8. The molecule has 144 valence electrons. The number of anilines is 1. The number of nitro benzene ring substituents is 1. The van der Waals surface area contributed by atoms with Crippen LogP contribution in [-0.2, 0) is 4.79 Å². The largest absolute Gasteiger partial charge is 0.490 e. The standard InChI is InChI=1S/C17H16N6O4S/c1-11-8-14(23(25)26)15(27-2)9-13(11)18-16(24)10-28-17-19-20-21-22(17)12-6-4-3-5-7-12/h3-9H,10H2,1-2H3,(H,18,24). The number of tetrazole rings is 1. The molecule has 0 bridgehead atoms. The Balaban J connectivity index is 1.69. The molecule has 0 radical (unpaired) electrons. The molecule has 0 saturated carbocycles. The van der Waals surface area contributed by atoms with Crippen LogP contribution in [0.4, 0.5) is 11.4 Å². The van der Waals surface area contributed by atoms with E-state index in [4.69, 9.17) is 4.74 Å². The Kier molecular flexibility index (Phi) is 5.84. The van der Waals surface area contributed by atoms with E-state index in [1.165, 1.54) is 35.7 Å². The van der Waals surface area contributed by atoms with E-state index in [0.29, 0.717) is 16.4 Å². The molecule has 11 heteroatoms. The Morgan fingerprint density at radius 2 is 2.07 bits per heavy atom. The molecule has 1 heterocycles. The SMILES string of the molecule is COc1cc(NC(=O)CSc2nnnn2-c2ccccc2)c(C)cc1[N+](=O)[O-]. The van der Waals surface area contributed by atoms with E-state index in [1.54, 1.807) is 6.92 Å². The number of hydrogen-bond donors (Lipinski definition) is 1. The Bertz CT molecular complexity index is 1010. The lowest BCUT2D eigenvalue weighted by molar-refractivity contribution is -0.385. The molecule has 28 heavy (non-hydrogen) atoms. The van der Waals surface area contributed by atoms with Gasteiger partial charge in [-0.2, -0.15) is 4.68 Å². The minimum Gasteiger partial charge on any atom is -0.490 e. The molecular weight excluding hydrogens is 384 g/mol. The van der Waals surface area contributed by atoms with Gasteiger partial charge in [0.15, 0.2) is 5.75 Å². The summed E-state index contributed by atoms with van der Waals surface area (Å²) in [5.74, 6) is -0.162. The maximum Gasteiger partial charge on any atom is 0.311 e. The van der Waals surface area contributed by atoms with Crippen molar-refractivity contribution in [2.45, 2.75) is 12.1 Å². The molecule has 0 unspecified atom stereocenters. The van der Waals surface area contributed by atoms with Crippen molar-refractivity contribution in [1.82, 2.24) is 20.2 Å². The van der Waals surface area contributed by atoms with E-state index in [-0.39, 0.29) is 23.1 Å². The predicted molar refractivity (Wildman–Crippen MR) is 103 cm³/mol. The summed E-state index contributed by atoms with van der Waals surface area (Å²) >= 11 is 1.18. The monoisotopic (exact) mass is 400 g/mol. The molecule has 2 aromatic carbocycles. The number of nitrogens with one attached hydrogen (secondary N) is 1. The van der Waals surface area contributed by atoms with Gasteiger partial charge in [-0.25, -0.2) is 0 Å². The summed E-state index contributed by atoms with van der Waals surface area (Å²) in [5.41, 5.74) is 1.62. The van der Waals surface area contributed by atoms with Gasteiger partial charge in [0.25, 0.3) is 0 Å². The smallest absolute Gasteiger partial charge is 0.311 e. The number of carbonyl (C=O) groups excluding carboxylic acids is 1. The molecule has 3 aromatic rings. The number of nitrogens with zero attached hydrogens (tertiary/aromatic N) is 5. The van der Waals surface area contributed by atoms with Crippen molar-refractivity contribution in [3.63, 3.8) is 0 Å². The van der Waals surface area contributed by atoms with E-state index >= 15 is 0 Å². The zero-order chi connectivity index (χ0) is 20.1. The Hall–Kier alpha value is -3.47. The van der Waals surface area contributed by atoms with Crippen LogP contribution in [0.1, 0.15) is 5.56 Å². The first-order valence-corrected chi connectivity index (χ1v) is 9.07. The molecule has 0 aliphatic carbocycles.